The van der Waals surface area contributed by atoms with Crippen molar-refractivity contribution in [2.24, 2.45) is 0 Å². The molecule has 0 aliphatic carbocycles. The van der Waals surface area contributed by atoms with E-state index in [0.717, 1.165) is 19.5 Å². The summed E-state index contributed by atoms with van der Waals surface area (Å²) < 4.78 is 4.61. The first-order valence-electron chi connectivity index (χ1n) is 5.64. The van der Waals surface area contributed by atoms with Gasteiger partial charge in [0.2, 0.25) is 0 Å². The van der Waals surface area contributed by atoms with Crippen LogP contribution in [0.25, 0.3) is 0 Å². The van der Waals surface area contributed by atoms with E-state index >= 15 is 0 Å². The Labute approximate surface area is 97.0 Å². The molecule has 1 rings (SSSR count). The summed E-state index contributed by atoms with van der Waals surface area (Å²) in [6.07, 6.45) is 1.31. The first-order chi connectivity index (χ1) is 7.77. The molecule has 1 aromatic carbocycles. The SMILES string of the molecule is CCN(CCCC(=O)OC)c1ccccc1. The van der Waals surface area contributed by atoms with Crippen molar-refractivity contribution in [3.8, 4) is 0 Å². The second-order valence-electron chi connectivity index (χ2n) is 3.59. The smallest absolute Gasteiger partial charge is 0.305 e. The normalized spacial score (nSPS) is 9.88. The van der Waals surface area contributed by atoms with Crippen LogP contribution >= 0.6 is 0 Å². The number of ether oxygens (including phenoxy) is 1. The Bertz CT molecular complexity index is 311. The molecule has 0 bridgehead atoms. The van der Waals surface area contributed by atoms with E-state index in [1.54, 1.807) is 0 Å². The largest absolute Gasteiger partial charge is 0.469 e. The van der Waals surface area contributed by atoms with E-state index < -0.39 is 0 Å². The minimum atomic E-state index is -0.135. The topological polar surface area (TPSA) is 29.5 Å². The average Bonchev–Trinajstić information content (AvgIpc) is 2.35. The second-order valence-corrected chi connectivity index (χ2v) is 3.59. The van der Waals surface area contributed by atoms with E-state index in [4.69, 9.17) is 0 Å². The summed E-state index contributed by atoms with van der Waals surface area (Å²) in [5.74, 6) is -0.135. The number of esters is 1. The van der Waals surface area contributed by atoms with Gasteiger partial charge in [-0.25, -0.2) is 0 Å². The number of para-hydroxylation sites is 1. The lowest BCUT2D eigenvalue weighted by atomic mass is 10.2. The molecule has 0 atom stereocenters. The Hall–Kier alpha value is -1.51. The number of anilines is 1. The number of methoxy groups -OCH3 is 1. The zero-order chi connectivity index (χ0) is 11.8. The first kappa shape index (κ1) is 12.6. The van der Waals surface area contributed by atoms with Crippen molar-refractivity contribution in [3.05, 3.63) is 30.3 Å². The number of benzene rings is 1. The van der Waals surface area contributed by atoms with Gasteiger partial charge in [0.25, 0.3) is 0 Å². The van der Waals surface area contributed by atoms with Gasteiger partial charge in [0.1, 0.15) is 0 Å². The van der Waals surface area contributed by atoms with Crippen molar-refractivity contribution in [2.45, 2.75) is 19.8 Å². The van der Waals surface area contributed by atoms with Gasteiger partial charge in [0, 0.05) is 25.2 Å². The molecule has 1 aromatic rings. The fourth-order valence-corrected chi connectivity index (χ4v) is 1.62. The zero-order valence-corrected chi connectivity index (χ0v) is 9.98. The molecule has 0 heterocycles. The highest BCUT2D eigenvalue weighted by Gasteiger charge is 2.05. The van der Waals surface area contributed by atoms with E-state index in [1.165, 1.54) is 12.8 Å². The van der Waals surface area contributed by atoms with Crippen molar-refractivity contribution >= 4 is 11.7 Å². The van der Waals surface area contributed by atoms with Crippen molar-refractivity contribution in [3.63, 3.8) is 0 Å². The molecule has 88 valence electrons. The molecular formula is C13H19NO2. The molecular weight excluding hydrogens is 202 g/mol. The highest BCUT2D eigenvalue weighted by atomic mass is 16.5. The Morgan fingerprint density at radius 3 is 2.56 bits per heavy atom. The van der Waals surface area contributed by atoms with Crippen LogP contribution in [0, 0.1) is 0 Å². The number of carbonyl (C=O) groups excluding carboxylic acids is 1. The molecule has 0 saturated carbocycles. The van der Waals surface area contributed by atoms with Crippen molar-refractivity contribution < 1.29 is 9.53 Å². The van der Waals surface area contributed by atoms with Gasteiger partial charge in [0.05, 0.1) is 7.11 Å². The lowest BCUT2D eigenvalue weighted by Gasteiger charge is -2.22. The summed E-state index contributed by atoms with van der Waals surface area (Å²) in [5, 5.41) is 0. The molecule has 0 spiro atoms. The van der Waals surface area contributed by atoms with Gasteiger partial charge in [-0.2, -0.15) is 0 Å². The maximum Gasteiger partial charge on any atom is 0.305 e. The molecule has 0 aliphatic rings. The molecule has 0 radical (unpaired) electrons. The highest BCUT2D eigenvalue weighted by Crippen LogP contribution is 2.13. The number of nitrogens with zero attached hydrogens (tertiary/aromatic N) is 1. The van der Waals surface area contributed by atoms with E-state index in [1.807, 2.05) is 18.2 Å². The summed E-state index contributed by atoms with van der Waals surface area (Å²) >= 11 is 0. The predicted molar refractivity (Wildman–Crippen MR) is 65.6 cm³/mol. The van der Waals surface area contributed by atoms with Gasteiger partial charge in [0.15, 0.2) is 0 Å². The van der Waals surface area contributed by atoms with Crippen LogP contribution < -0.4 is 4.90 Å². The average molecular weight is 221 g/mol. The fraction of sp³-hybridized carbons (Fsp3) is 0.462. The van der Waals surface area contributed by atoms with Crippen LogP contribution in [0.15, 0.2) is 30.3 Å². The first-order valence-corrected chi connectivity index (χ1v) is 5.64. The van der Waals surface area contributed by atoms with Crippen molar-refractivity contribution in [1.29, 1.82) is 0 Å². The Balaban J connectivity index is 2.41. The van der Waals surface area contributed by atoms with Crippen LogP contribution in [0.3, 0.4) is 0 Å². The standard InChI is InChI=1S/C13H19NO2/c1-3-14(11-7-10-13(15)16-2)12-8-5-4-6-9-12/h4-6,8-9H,3,7,10-11H2,1-2H3. The van der Waals surface area contributed by atoms with Crippen LogP contribution in [-0.2, 0) is 9.53 Å². The third kappa shape index (κ3) is 3.93. The van der Waals surface area contributed by atoms with Crippen LogP contribution in [0.5, 0.6) is 0 Å². The maximum atomic E-state index is 11.0. The summed E-state index contributed by atoms with van der Waals surface area (Å²) in [4.78, 5) is 13.2. The number of hydrogen-bond acceptors (Lipinski definition) is 3. The number of carbonyl (C=O) groups is 1. The third-order valence-electron chi connectivity index (χ3n) is 2.54. The van der Waals surface area contributed by atoms with E-state index in [2.05, 4.69) is 28.7 Å². The molecule has 0 unspecified atom stereocenters. The van der Waals surface area contributed by atoms with Crippen LogP contribution in [0.4, 0.5) is 5.69 Å². The van der Waals surface area contributed by atoms with Crippen molar-refractivity contribution in [1.82, 2.24) is 0 Å². The van der Waals surface area contributed by atoms with Crippen LogP contribution in [0.2, 0.25) is 0 Å². The lowest BCUT2D eigenvalue weighted by Crippen LogP contribution is -2.24. The molecule has 0 amide bonds. The highest BCUT2D eigenvalue weighted by molar-refractivity contribution is 5.69. The Morgan fingerprint density at radius 1 is 1.31 bits per heavy atom. The molecule has 0 N–H and O–H groups in total. The van der Waals surface area contributed by atoms with Gasteiger partial charge >= 0.3 is 5.97 Å². The minimum absolute atomic E-state index is 0.135. The third-order valence-corrected chi connectivity index (χ3v) is 2.54. The maximum absolute atomic E-state index is 11.0. The zero-order valence-electron chi connectivity index (χ0n) is 9.98. The summed E-state index contributed by atoms with van der Waals surface area (Å²) in [6, 6.07) is 10.2. The lowest BCUT2D eigenvalue weighted by molar-refractivity contribution is -0.140. The fourth-order valence-electron chi connectivity index (χ4n) is 1.62. The minimum Gasteiger partial charge on any atom is -0.469 e. The van der Waals surface area contributed by atoms with Gasteiger partial charge < -0.3 is 9.64 Å². The van der Waals surface area contributed by atoms with Gasteiger partial charge in [-0.1, -0.05) is 18.2 Å². The summed E-state index contributed by atoms with van der Waals surface area (Å²) in [6.45, 7) is 3.95. The van der Waals surface area contributed by atoms with E-state index in [-0.39, 0.29) is 5.97 Å². The molecule has 16 heavy (non-hydrogen) atoms. The number of hydrogen-bond donors (Lipinski definition) is 0. The van der Waals surface area contributed by atoms with Crippen LogP contribution in [-0.4, -0.2) is 26.2 Å². The summed E-state index contributed by atoms with van der Waals surface area (Å²) in [5.41, 5.74) is 1.20. The molecule has 0 saturated heterocycles. The van der Waals surface area contributed by atoms with Gasteiger partial charge in [-0.3, -0.25) is 4.79 Å². The Kier molecular flexibility index (Phi) is 5.40. The van der Waals surface area contributed by atoms with E-state index in [9.17, 15) is 4.79 Å². The molecule has 3 heteroatoms. The number of rotatable bonds is 6. The van der Waals surface area contributed by atoms with E-state index in [0.29, 0.717) is 6.42 Å². The predicted octanol–water partition coefficient (Wildman–Crippen LogP) is 2.47. The Morgan fingerprint density at radius 2 is 2.00 bits per heavy atom. The quantitative estimate of drug-likeness (QED) is 0.691. The molecule has 0 fully saturated rings. The molecule has 0 aromatic heterocycles. The van der Waals surface area contributed by atoms with Gasteiger partial charge in [-0.05, 0) is 25.5 Å². The van der Waals surface area contributed by atoms with Crippen LogP contribution in [0.1, 0.15) is 19.8 Å². The second kappa shape index (κ2) is 6.88. The monoisotopic (exact) mass is 221 g/mol. The molecule has 0 aliphatic heterocycles. The van der Waals surface area contributed by atoms with Gasteiger partial charge in [-0.15, -0.1) is 0 Å². The van der Waals surface area contributed by atoms with Crippen molar-refractivity contribution in [2.75, 3.05) is 25.1 Å². The molecule has 3 nitrogen and oxygen atoms in total. The summed E-state index contributed by atoms with van der Waals surface area (Å²) in [7, 11) is 1.43.